The average Bonchev–Trinajstić information content (AvgIpc) is 3.11. The van der Waals surface area contributed by atoms with Crippen LogP contribution in [0, 0.1) is 0 Å². The number of hydrogen-bond acceptors (Lipinski definition) is 6. The minimum atomic E-state index is -0.836. The number of rotatable bonds is 19. The second-order valence-corrected chi connectivity index (χ2v) is 12.4. The van der Waals surface area contributed by atoms with Crippen LogP contribution in [0.2, 0.25) is 0 Å². The summed E-state index contributed by atoms with van der Waals surface area (Å²) in [6.45, 7) is 6.44. The summed E-state index contributed by atoms with van der Waals surface area (Å²) >= 11 is 0. The SMILES string of the molecule is CCCN(CCC)C(=O)Cc1cc(CC(=O)N[C@@H](Cc2ccccc2)[C@H](O)CNCc2cccc(OC)c2)cc(-c2ccc(OC)cc2)c1. The molecule has 0 unspecified atom stereocenters. The summed E-state index contributed by atoms with van der Waals surface area (Å²) in [6, 6.07) is 30.9. The van der Waals surface area contributed by atoms with Gasteiger partial charge in [-0.3, -0.25) is 9.59 Å². The molecule has 0 fully saturated rings. The molecule has 2 atom stereocenters. The molecule has 49 heavy (non-hydrogen) atoms. The van der Waals surface area contributed by atoms with Gasteiger partial charge in [0, 0.05) is 26.2 Å². The molecule has 0 aromatic heterocycles. The molecule has 260 valence electrons. The number of aliphatic hydroxyl groups excluding tert-OH is 1. The smallest absolute Gasteiger partial charge is 0.226 e. The molecule has 0 aliphatic heterocycles. The van der Waals surface area contributed by atoms with Crippen molar-refractivity contribution in [3.63, 3.8) is 0 Å². The Hall–Kier alpha value is -4.66. The van der Waals surface area contributed by atoms with Gasteiger partial charge in [-0.25, -0.2) is 0 Å². The van der Waals surface area contributed by atoms with Crippen molar-refractivity contribution in [3.05, 3.63) is 119 Å². The van der Waals surface area contributed by atoms with Crippen LogP contribution in [0.15, 0.2) is 97.1 Å². The zero-order chi connectivity index (χ0) is 35.0. The van der Waals surface area contributed by atoms with Crippen LogP contribution in [-0.2, 0) is 35.4 Å². The maximum Gasteiger partial charge on any atom is 0.226 e. The van der Waals surface area contributed by atoms with Crippen LogP contribution in [0.5, 0.6) is 11.5 Å². The Labute approximate surface area is 291 Å². The molecule has 8 heteroatoms. The van der Waals surface area contributed by atoms with Gasteiger partial charge in [-0.05, 0) is 76.9 Å². The number of amides is 2. The molecule has 0 radical (unpaired) electrons. The standard InChI is InChI=1S/C41H51N3O5/c1-5-19-44(20-6-2)41(47)27-33-21-32(22-35(23-33)34-15-17-36(48-3)18-16-34)26-40(46)43-38(25-30-11-8-7-9-12-30)39(45)29-42-28-31-13-10-14-37(24-31)49-4/h7-18,21-24,38-39,42,45H,5-6,19-20,25-29H2,1-4H3,(H,43,46)/t38-,39+/m0/s1. The monoisotopic (exact) mass is 665 g/mol. The first kappa shape index (κ1) is 37.2. The molecule has 0 saturated heterocycles. The highest BCUT2D eigenvalue weighted by Crippen LogP contribution is 2.26. The third-order valence-electron chi connectivity index (χ3n) is 8.46. The topological polar surface area (TPSA) is 100 Å². The van der Waals surface area contributed by atoms with Crippen LogP contribution in [0.3, 0.4) is 0 Å². The van der Waals surface area contributed by atoms with Gasteiger partial charge < -0.3 is 30.1 Å². The van der Waals surface area contributed by atoms with E-state index >= 15 is 0 Å². The van der Waals surface area contributed by atoms with E-state index in [-0.39, 0.29) is 24.7 Å². The first-order chi connectivity index (χ1) is 23.8. The number of benzene rings is 4. The number of nitrogens with one attached hydrogen (secondary N) is 2. The lowest BCUT2D eigenvalue weighted by Crippen LogP contribution is -2.49. The Bertz CT molecular complexity index is 1600. The van der Waals surface area contributed by atoms with E-state index < -0.39 is 12.1 Å². The molecule has 0 saturated carbocycles. The highest BCUT2D eigenvalue weighted by molar-refractivity contribution is 5.82. The number of aliphatic hydroxyl groups is 1. The van der Waals surface area contributed by atoms with Gasteiger partial charge >= 0.3 is 0 Å². The summed E-state index contributed by atoms with van der Waals surface area (Å²) < 4.78 is 10.7. The molecule has 0 aliphatic carbocycles. The fraction of sp³-hybridized carbons (Fsp3) is 0.366. The first-order valence-electron chi connectivity index (χ1n) is 17.2. The van der Waals surface area contributed by atoms with Crippen LogP contribution in [-0.4, -0.2) is 67.8 Å². The number of carbonyl (C=O) groups excluding carboxylic acids is 2. The lowest BCUT2D eigenvalue weighted by atomic mass is 9.96. The van der Waals surface area contributed by atoms with E-state index in [1.165, 1.54) is 0 Å². The lowest BCUT2D eigenvalue weighted by Gasteiger charge is -2.25. The predicted molar refractivity (Wildman–Crippen MR) is 196 cm³/mol. The summed E-state index contributed by atoms with van der Waals surface area (Å²) in [4.78, 5) is 28.9. The van der Waals surface area contributed by atoms with Gasteiger partial charge in [0.15, 0.2) is 0 Å². The molecule has 0 bridgehead atoms. The highest BCUT2D eigenvalue weighted by atomic mass is 16.5. The summed E-state index contributed by atoms with van der Waals surface area (Å²) in [5.74, 6) is 1.41. The zero-order valence-corrected chi connectivity index (χ0v) is 29.3. The maximum atomic E-state index is 13.7. The molecular weight excluding hydrogens is 614 g/mol. The Morgan fingerprint density at radius 3 is 2.02 bits per heavy atom. The Kier molecular flexibility index (Phi) is 14.7. The maximum absolute atomic E-state index is 13.7. The number of nitrogens with zero attached hydrogens (tertiary/aromatic N) is 1. The lowest BCUT2D eigenvalue weighted by molar-refractivity contribution is -0.130. The van der Waals surface area contributed by atoms with Crippen LogP contribution in [0.1, 0.15) is 48.9 Å². The van der Waals surface area contributed by atoms with Crippen molar-refractivity contribution in [1.82, 2.24) is 15.5 Å². The third-order valence-corrected chi connectivity index (χ3v) is 8.46. The Morgan fingerprint density at radius 1 is 0.714 bits per heavy atom. The molecule has 0 aliphatic rings. The van der Waals surface area contributed by atoms with E-state index in [1.807, 2.05) is 102 Å². The summed E-state index contributed by atoms with van der Waals surface area (Å²) in [7, 11) is 3.27. The summed E-state index contributed by atoms with van der Waals surface area (Å²) in [6.07, 6.45) is 1.80. The Morgan fingerprint density at radius 2 is 1.37 bits per heavy atom. The van der Waals surface area contributed by atoms with Crippen LogP contribution >= 0.6 is 0 Å². The molecule has 4 aromatic carbocycles. The van der Waals surface area contributed by atoms with Crippen molar-refractivity contribution in [1.29, 1.82) is 0 Å². The van der Waals surface area contributed by atoms with Crippen LogP contribution in [0.4, 0.5) is 0 Å². The molecule has 4 rings (SSSR count). The first-order valence-corrected chi connectivity index (χ1v) is 17.2. The minimum Gasteiger partial charge on any atom is -0.497 e. The van der Waals surface area contributed by atoms with E-state index in [2.05, 4.69) is 24.5 Å². The van der Waals surface area contributed by atoms with Gasteiger partial charge in [0.05, 0.1) is 39.2 Å². The molecule has 8 nitrogen and oxygen atoms in total. The van der Waals surface area contributed by atoms with E-state index in [4.69, 9.17) is 9.47 Å². The van der Waals surface area contributed by atoms with Gasteiger partial charge in [-0.15, -0.1) is 0 Å². The zero-order valence-electron chi connectivity index (χ0n) is 29.3. The van der Waals surface area contributed by atoms with Crippen molar-refractivity contribution in [3.8, 4) is 22.6 Å². The number of carbonyl (C=O) groups is 2. The van der Waals surface area contributed by atoms with Gasteiger partial charge in [-0.2, -0.15) is 0 Å². The molecule has 0 heterocycles. The fourth-order valence-electron chi connectivity index (χ4n) is 5.99. The number of ether oxygens (including phenoxy) is 2. The van der Waals surface area contributed by atoms with Crippen LogP contribution in [0.25, 0.3) is 11.1 Å². The second kappa shape index (κ2) is 19.4. The van der Waals surface area contributed by atoms with Crippen molar-refractivity contribution in [2.45, 2.75) is 64.6 Å². The van der Waals surface area contributed by atoms with E-state index in [0.29, 0.717) is 19.5 Å². The Balaban J connectivity index is 1.52. The van der Waals surface area contributed by atoms with E-state index in [0.717, 1.165) is 70.8 Å². The van der Waals surface area contributed by atoms with Crippen molar-refractivity contribution < 1.29 is 24.2 Å². The molecule has 2 amide bonds. The predicted octanol–water partition coefficient (Wildman–Crippen LogP) is 5.98. The van der Waals surface area contributed by atoms with Gasteiger partial charge in [0.25, 0.3) is 0 Å². The van der Waals surface area contributed by atoms with E-state index in [9.17, 15) is 14.7 Å². The highest BCUT2D eigenvalue weighted by Gasteiger charge is 2.22. The molecule has 4 aromatic rings. The fourth-order valence-corrected chi connectivity index (χ4v) is 5.99. The van der Waals surface area contributed by atoms with Gasteiger partial charge in [-0.1, -0.05) is 86.6 Å². The molecule has 3 N–H and O–H groups in total. The van der Waals surface area contributed by atoms with Crippen LogP contribution < -0.4 is 20.1 Å². The number of methoxy groups -OCH3 is 2. The largest absolute Gasteiger partial charge is 0.497 e. The third kappa shape index (κ3) is 11.8. The normalized spacial score (nSPS) is 12.2. The van der Waals surface area contributed by atoms with E-state index in [1.54, 1.807) is 14.2 Å². The number of hydrogen-bond donors (Lipinski definition) is 3. The molecule has 0 spiro atoms. The summed E-state index contributed by atoms with van der Waals surface area (Å²) in [5, 5.41) is 17.8. The molecular formula is C41H51N3O5. The second-order valence-electron chi connectivity index (χ2n) is 12.4. The van der Waals surface area contributed by atoms with Gasteiger partial charge in [0.2, 0.25) is 11.8 Å². The quantitative estimate of drug-likeness (QED) is 0.114. The van der Waals surface area contributed by atoms with Crippen molar-refractivity contribution in [2.75, 3.05) is 33.9 Å². The van der Waals surface area contributed by atoms with Crippen molar-refractivity contribution >= 4 is 11.8 Å². The summed E-state index contributed by atoms with van der Waals surface area (Å²) in [5.41, 5.74) is 5.61. The van der Waals surface area contributed by atoms with Gasteiger partial charge in [0.1, 0.15) is 11.5 Å². The average molecular weight is 666 g/mol. The van der Waals surface area contributed by atoms with Crippen molar-refractivity contribution in [2.24, 2.45) is 0 Å². The minimum absolute atomic E-state index is 0.0819.